The average molecular weight is 361 g/mol. The van der Waals surface area contributed by atoms with Crippen molar-refractivity contribution in [2.45, 2.75) is 0 Å². The minimum Gasteiger partial charge on any atom is -0.489 e. The standard InChI is InChI=1S/C15H12Cl3NO3/c16-11-2-4-14(10(7-11)9-19-20)21-5-6-22-15-8-12(17)1-3-13(15)18/h1-4,7-9,20H,5-6H2. The van der Waals surface area contributed by atoms with E-state index in [4.69, 9.17) is 49.5 Å². The van der Waals surface area contributed by atoms with Crippen LogP contribution in [-0.4, -0.2) is 24.6 Å². The van der Waals surface area contributed by atoms with E-state index in [9.17, 15) is 0 Å². The lowest BCUT2D eigenvalue weighted by Gasteiger charge is -2.11. The monoisotopic (exact) mass is 359 g/mol. The Hall–Kier alpha value is -1.62. The van der Waals surface area contributed by atoms with E-state index in [2.05, 4.69) is 5.16 Å². The molecule has 0 aromatic heterocycles. The predicted octanol–water partition coefficient (Wildman–Crippen LogP) is 4.91. The van der Waals surface area contributed by atoms with Gasteiger partial charge in [-0.1, -0.05) is 40.0 Å². The van der Waals surface area contributed by atoms with Crippen molar-refractivity contribution < 1.29 is 14.7 Å². The van der Waals surface area contributed by atoms with E-state index in [0.29, 0.717) is 32.1 Å². The molecule has 22 heavy (non-hydrogen) atoms. The van der Waals surface area contributed by atoms with Crippen molar-refractivity contribution in [2.75, 3.05) is 13.2 Å². The number of hydrogen-bond acceptors (Lipinski definition) is 4. The Morgan fingerprint density at radius 2 is 1.55 bits per heavy atom. The molecule has 2 rings (SSSR count). The molecular weight excluding hydrogens is 349 g/mol. The zero-order chi connectivity index (χ0) is 15.9. The van der Waals surface area contributed by atoms with Crippen LogP contribution in [0.25, 0.3) is 0 Å². The molecule has 0 spiro atoms. The molecule has 0 bridgehead atoms. The molecule has 2 aromatic carbocycles. The zero-order valence-electron chi connectivity index (χ0n) is 11.3. The second kappa shape index (κ2) is 8.13. The maximum absolute atomic E-state index is 8.63. The van der Waals surface area contributed by atoms with Crippen LogP contribution in [0.3, 0.4) is 0 Å². The van der Waals surface area contributed by atoms with Crippen LogP contribution >= 0.6 is 34.8 Å². The highest BCUT2D eigenvalue weighted by atomic mass is 35.5. The van der Waals surface area contributed by atoms with Crippen LogP contribution in [0.5, 0.6) is 11.5 Å². The third-order valence-corrected chi connectivity index (χ3v) is 3.44. The summed E-state index contributed by atoms with van der Waals surface area (Å²) in [5, 5.41) is 13.1. The van der Waals surface area contributed by atoms with Crippen molar-refractivity contribution in [3.63, 3.8) is 0 Å². The first-order chi connectivity index (χ1) is 10.6. The highest BCUT2D eigenvalue weighted by Crippen LogP contribution is 2.27. The molecule has 0 radical (unpaired) electrons. The first-order valence-electron chi connectivity index (χ1n) is 6.28. The van der Waals surface area contributed by atoms with Gasteiger partial charge < -0.3 is 14.7 Å². The molecule has 7 heteroatoms. The first kappa shape index (κ1) is 16.7. The van der Waals surface area contributed by atoms with Gasteiger partial charge >= 0.3 is 0 Å². The topological polar surface area (TPSA) is 51.1 Å². The van der Waals surface area contributed by atoms with Gasteiger partial charge in [0.15, 0.2) is 0 Å². The number of rotatable bonds is 6. The predicted molar refractivity (Wildman–Crippen MR) is 88.3 cm³/mol. The van der Waals surface area contributed by atoms with Crippen molar-refractivity contribution in [1.82, 2.24) is 0 Å². The number of benzene rings is 2. The van der Waals surface area contributed by atoms with Crippen LogP contribution < -0.4 is 9.47 Å². The van der Waals surface area contributed by atoms with Crippen LogP contribution in [0, 0.1) is 0 Å². The summed E-state index contributed by atoms with van der Waals surface area (Å²) < 4.78 is 11.1. The van der Waals surface area contributed by atoms with Gasteiger partial charge in [0.05, 0.1) is 11.2 Å². The summed E-state index contributed by atoms with van der Waals surface area (Å²) in [6.07, 6.45) is 1.25. The number of halogens is 3. The third kappa shape index (κ3) is 4.70. The van der Waals surface area contributed by atoms with Gasteiger partial charge in [0, 0.05) is 21.7 Å². The van der Waals surface area contributed by atoms with E-state index >= 15 is 0 Å². The Labute approximate surface area is 142 Å². The Bertz CT molecular complexity index is 677. The Morgan fingerprint density at radius 1 is 0.909 bits per heavy atom. The van der Waals surface area contributed by atoms with Crippen molar-refractivity contribution in [1.29, 1.82) is 0 Å². The summed E-state index contributed by atoms with van der Waals surface area (Å²) in [4.78, 5) is 0. The highest BCUT2D eigenvalue weighted by molar-refractivity contribution is 6.34. The molecule has 116 valence electrons. The summed E-state index contributed by atoms with van der Waals surface area (Å²) in [5.41, 5.74) is 0.566. The molecule has 0 saturated heterocycles. The smallest absolute Gasteiger partial charge is 0.139 e. The fourth-order valence-electron chi connectivity index (χ4n) is 1.70. The molecule has 1 N–H and O–H groups in total. The van der Waals surface area contributed by atoms with Crippen LogP contribution in [0.4, 0.5) is 0 Å². The minimum atomic E-state index is 0.275. The Morgan fingerprint density at radius 3 is 2.27 bits per heavy atom. The Kier molecular flexibility index (Phi) is 6.19. The number of ether oxygens (including phenoxy) is 2. The SMILES string of the molecule is ON=Cc1cc(Cl)ccc1OCCOc1cc(Cl)ccc1Cl. The van der Waals surface area contributed by atoms with Crippen LogP contribution in [0.1, 0.15) is 5.56 Å². The van der Waals surface area contributed by atoms with Crippen molar-refractivity contribution in [3.05, 3.63) is 57.0 Å². The molecule has 4 nitrogen and oxygen atoms in total. The van der Waals surface area contributed by atoms with Gasteiger partial charge in [-0.3, -0.25) is 0 Å². The van der Waals surface area contributed by atoms with Crippen molar-refractivity contribution in [3.8, 4) is 11.5 Å². The normalized spacial score (nSPS) is 10.9. The second-order valence-corrected chi connectivity index (χ2v) is 5.48. The summed E-state index contributed by atoms with van der Waals surface area (Å²) in [6.45, 7) is 0.551. The lowest BCUT2D eigenvalue weighted by atomic mass is 10.2. The van der Waals surface area contributed by atoms with E-state index in [1.807, 2.05) is 0 Å². The van der Waals surface area contributed by atoms with Gasteiger partial charge in [0.25, 0.3) is 0 Å². The van der Waals surface area contributed by atoms with E-state index in [-0.39, 0.29) is 13.2 Å². The van der Waals surface area contributed by atoms with Crippen LogP contribution in [-0.2, 0) is 0 Å². The van der Waals surface area contributed by atoms with E-state index in [1.165, 1.54) is 6.21 Å². The summed E-state index contributed by atoms with van der Waals surface area (Å²) in [7, 11) is 0. The van der Waals surface area contributed by atoms with Gasteiger partial charge in [0.1, 0.15) is 24.7 Å². The summed E-state index contributed by atoms with van der Waals surface area (Å²) >= 11 is 17.7. The number of hydrogen-bond donors (Lipinski definition) is 1. The van der Waals surface area contributed by atoms with Gasteiger partial charge in [0.2, 0.25) is 0 Å². The molecule has 2 aromatic rings. The molecule has 0 aliphatic heterocycles. The summed E-state index contributed by atoms with van der Waals surface area (Å²) in [5.74, 6) is 1.02. The van der Waals surface area contributed by atoms with Crippen LogP contribution in [0.2, 0.25) is 15.1 Å². The fraction of sp³-hybridized carbons (Fsp3) is 0.133. The average Bonchev–Trinajstić information content (AvgIpc) is 2.49. The fourth-order valence-corrected chi connectivity index (χ4v) is 2.22. The van der Waals surface area contributed by atoms with Gasteiger partial charge in [-0.25, -0.2) is 0 Å². The molecule has 0 aliphatic rings. The molecule has 0 aliphatic carbocycles. The second-order valence-electron chi connectivity index (χ2n) is 4.20. The zero-order valence-corrected chi connectivity index (χ0v) is 13.6. The summed E-state index contributed by atoms with van der Waals surface area (Å²) in [6, 6.07) is 9.98. The quantitative estimate of drug-likeness (QED) is 0.344. The maximum Gasteiger partial charge on any atom is 0.139 e. The van der Waals surface area contributed by atoms with Crippen molar-refractivity contribution >= 4 is 41.0 Å². The van der Waals surface area contributed by atoms with Gasteiger partial charge in [-0.2, -0.15) is 0 Å². The first-order valence-corrected chi connectivity index (χ1v) is 7.41. The number of nitrogens with zero attached hydrogens (tertiary/aromatic N) is 1. The maximum atomic E-state index is 8.63. The molecular formula is C15H12Cl3NO3. The lowest BCUT2D eigenvalue weighted by molar-refractivity contribution is 0.217. The van der Waals surface area contributed by atoms with Gasteiger partial charge in [-0.15, -0.1) is 0 Å². The van der Waals surface area contributed by atoms with E-state index in [1.54, 1.807) is 36.4 Å². The van der Waals surface area contributed by atoms with E-state index < -0.39 is 0 Å². The molecule has 0 heterocycles. The Balaban J connectivity index is 1.93. The van der Waals surface area contributed by atoms with E-state index in [0.717, 1.165) is 0 Å². The van der Waals surface area contributed by atoms with Crippen LogP contribution in [0.15, 0.2) is 41.6 Å². The molecule has 0 atom stereocenters. The highest BCUT2D eigenvalue weighted by Gasteiger charge is 2.05. The third-order valence-electron chi connectivity index (χ3n) is 2.66. The molecule has 0 amide bonds. The van der Waals surface area contributed by atoms with Gasteiger partial charge in [-0.05, 0) is 30.3 Å². The number of oxime groups is 1. The lowest BCUT2D eigenvalue weighted by Crippen LogP contribution is -2.10. The largest absolute Gasteiger partial charge is 0.489 e. The minimum absolute atomic E-state index is 0.275. The molecule has 0 unspecified atom stereocenters. The molecule has 0 saturated carbocycles. The molecule has 0 fully saturated rings. The van der Waals surface area contributed by atoms with Crippen molar-refractivity contribution in [2.24, 2.45) is 5.16 Å².